The normalized spacial score (nSPS) is 18.5. The van der Waals surface area contributed by atoms with E-state index >= 15 is 0 Å². The zero-order chi connectivity index (χ0) is 25.3. The minimum atomic E-state index is -2.53. The van der Waals surface area contributed by atoms with Crippen molar-refractivity contribution in [3.8, 4) is 0 Å². The Kier molecular flexibility index (Phi) is 7.73. The molecule has 0 saturated carbocycles. The van der Waals surface area contributed by atoms with Crippen LogP contribution in [0.5, 0.6) is 0 Å². The summed E-state index contributed by atoms with van der Waals surface area (Å²) in [7, 11) is -2.53. The summed E-state index contributed by atoms with van der Waals surface area (Å²) in [6, 6.07) is 13.0. The molecule has 3 aromatic rings. The third-order valence-corrected chi connectivity index (χ3v) is 9.45. The summed E-state index contributed by atoms with van der Waals surface area (Å²) < 4.78 is 13.7. The van der Waals surface area contributed by atoms with Gasteiger partial charge in [-0.25, -0.2) is 4.98 Å². The average Bonchev–Trinajstić information content (AvgIpc) is 3.29. The van der Waals surface area contributed by atoms with Crippen LogP contribution in [0.4, 0.5) is 23.1 Å². The van der Waals surface area contributed by atoms with Crippen molar-refractivity contribution in [2.75, 3.05) is 37.1 Å². The van der Waals surface area contributed by atoms with E-state index < -0.39 is 7.14 Å². The molecule has 2 aliphatic rings. The highest BCUT2D eigenvalue weighted by atomic mass is 79.9. The summed E-state index contributed by atoms with van der Waals surface area (Å²) in [6.45, 7) is 6.02. The molecule has 0 bridgehead atoms. The molecule has 2 N–H and O–H groups in total. The maximum absolute atomic E-state index is 12.9. The number of fused-ring (bicyclic) bond motifs is 1. The van der Waals surface area contributed by atoms with Gasteiger partial charge < -0.3 is 20.1 Å². The molecule has 190 valence electrons. The fourth-order valence-corrected chi connectivity index (χ4v) is 7.11. The lowest BCUT2D eigenvalue weighted by atomic mass is 10.0. The summed E-state index contributed by atoms with van der Waals surface area (Å²) in [5.41, 5.74) is 4.55. The van der Waals surface area contributed by atoms with Gasteiger partial charge in [0.1, 0.15) is 12.2 Å². The van der Waals surface area contributed by atoms with E-state index in [4.69, 9.17) is 11.6 Å². The van der Waals surface area contributed by atoms with E-state index in [0.717, 1.165) is 34.0 Å². The van der Waals surface area contributed by atoms with Crippen molar-refractivity contribution in [3.63, 3.8) is 0 Å². The highest BCUT2D eigenvalue weighted by molar-refractivity contribution is 9.10. The number of nitrogens with zero attached hydrogens (tertiary/aromatic N) is 3. The first kappa shape index (κ1) is 25.7. The minimum Gasteiger partial charge on any atom is -0.338 e. The van der Waals surface area contributed by atoms with Crippen LogP contribution >= 0.6 is 34.7 Å². The van der Waals surface area contributed by atoms with Crippen LogP contribution in [-0.4, -0.2) is 47.3 Å². The Bertz CT molecular complexity index is 1310. The zero-order valence-corrected chi connectivity index (χ0v) is 24.0. The van der Waals surface area contributed by atoms with Gasteiger partial charge in [0.05, 0.1) is 11.9 Å². The second kappa shape index (κ2) is 10.8. The number of benzene rings is 2. The standard InChI is InChI=1S/C27H32BrClN5OP/c1-36(2,35)25-16-20(28)8-12-24(25)32-26-23(29)17-30-27(33-26)31-21-9-5-18-6-10-22(11-7-19(18)15-21)34-13-3-4-14-34/h5,8-9,12,15-17,22H,3-4,6-7,10-11,13-14H2,1-2H3,(H2,30,31,32,33)/t22-/m0/s1. The van der Waals surface area contributed by atoms with Crippen LogP contribution in [-0.2, 0) is 17.4 Å². The predicted octanol–water partition coefficient (Wildman–Crippen LogP) is 6.97. The second-order valence-corrected chi connectivity index (χ2v) is 14.6. The summed E-state index contributed by atoms with van der Waals surface area (Å²) in [5.74, 6) is 0.926. The smallest absolute Gasteiger partial charge is 0.229 e. The number of aryl methyl sites for hydroxylation is 2. The van der Waals surface area contributed by atoms with E-state index in [1.54, 1.807) is 19.5 Å². The van der Waals surface area contributed by atoms with Crippen LogP contribution in [0.1, 0.15) is 36.8 Å². The maximum Gasteiger partial charge on any atom is 0.229 e. The van der Waals surface area contributed by atoms with Gasteiger partial charge in [-0.3, -0.25) is 0 Å². The number of anilines is 4. The van der Waals surface area contributed by atoms with Crippen LogP contribution in [0.25, 0.3) is 0 Å². The number of hydrogen-bond donors (Lipinski definition) is 2. The number of hydrogen-bond acceptors (Lipinski definition) is 6. The van der Waals surface area contributed by atoms with Gasteiger partial charge in [0.15, 0.2) is 5.82 Å². The van der Waals surface area contributed by atoms with Crippen LogP contribution in [0.15, 0.2) is 47.1 Å². The Morgan fingerprint density at radius 1 is 1.03 bits per heavy atom. The molecule has 0 radical (unpaired) electrons. The van der Waals surface area contributed by atoms with Crippen molar-refractivity contribution in [2.24, 2.45) is 0 Å². The highest BCUT2D eigenvalue weighted by Gasteiger charge is 2.24. The molecule has 0 amide bonds. The van der Waals surface area contributed by atoms with E-state index in [0.29, 0.717) is 22.8 Å². The number of aromatic nitrogens is 2. The third kappa shape index (κ3) is 5.96. The van der Waals surface area contributed by atoms with Crippen LogP contribution in [0.2, 0.25) is 5.02 Å². The fourth-order valence-electron chi connectivity index (χ4n) is 5.27. The van der Waals surface area contributed by atoms with Gasteiger partial charge in [-0.2, -0.15) is 4.98 Å². The van der Waals surface area contributed by atoms with Crippen LogP contribution in [0, 0.1) is 0 Å². The molecule has 1 atom stereocenters. The fraction of sp³-hybridized carbons (Fsp3) is 0.407. The largest absolute Gasteiger partial charge is 0.338 e. The van der Waals surface area contributed by atoms with Crippen molar-refractivity contribution in [1.82, 2.24) is 14.9 Å². The Hall–Kier alpha value is -1.92. The number of nitrogens with one attached hydrogen (secondary N) is 2. The number of halogens is 2. The molecular formula is C27H32BrClN5OP. The molecule has 1 aromatic heterocycles. The molecule has 36 heavy (non-hydrogen) atoms. The zero-order valence-electron chi connectivity index (χ0n) is 20.7. The maximum atomic E-state index is 12.9. The van der Waals surface area contributed by atoms with Crippen molar-refractivity contribution in [1.29, 1.82) is 0 Å². The first-order valence-corrected chi connectivity index (χ1v) is 16.3. The Balaban J connectivity index is 1.33. The lowest BCUT2D eigenvalue weighted by Crippen LogP contribution is -2.32. The van der Waals surface area contributed by atoms with Gasteiger partial charge >= 0.3 is 0 Å². The molecule has 0 unspecified atom stereocenters. The van der Waals surface area contributed by atoms with Gasteiger partial charge in [-0.1, -0.05) is 33.6 Å². The molecular weight excluding hydrogens is 557 g/mol. The molecule has 9 heteroatoms. The van der Waals surface area contributed by atoms with Crippen molar-refractivity contribution < 1.29 is 4.57 Å². The van der Waals surface area contributed by atoms with E-state index in [1.165, 1.54) is 49.9 Å². The van der Waals surface area contributed by atoms with E-state index in [1.807, 2.05) is 18.2 Å². The molecule has 1 saturated heterocycles. The first-order chi connectivity index (χ1) is 17.3. The average molecular weight is 589 g/mol. The SMILES string of the molecule is CP(C)(=O)c1cc(Br)ccc1Nc1nc(Nc2ccc3c(c2)CC[C@@H](N2CCCC2)CC3)ncc1Cl. The van der Waals surface area contributed by atoms with E-state index in [9.17, 15) is 4.57 Å². The molecule has 0 spiro atoms. The third-order valence-electron chi connectivity index (χ3n) is 7.15. The quantitative estimate of drug-likeness (QED) is 0.239. The van der Waals surface area contributed by atoms with Crippen LogP contribution < -0.4 is 15.9 Å². The van der Waals surface area contributed by atoms with Crippen LogP contribution in [0.3, 0.4) is 0 Å². The van der Waals surface area contributed by atoms with Crippen molar-refractivity contribution in [2.45, 2.75) is 44.6 Å². The predicted molar refractivity (Wildman–Crippen MR) is 155 cm³/mol. The van der Waals surface area contributed by atoms with Gasteiger partial charge in [-0.05, 0) is 106 Å². The highest BCUT2D eigenvalue weighted by Crippen LogP contribution is 2.40. The lowest BCUT2D eigenvalue weighted by molar-refractivity contribution is 0.222. The minimum absolute atomic E-state index is 0.395. The second-order valence-electron chi connectivity index (χ2n) is 10.1. The number of rotatable bonds is 6. The monoisotopic (exact) mass is 587 g/mol. The Labute approximate surface area is 226 Å². The topological polar surface area (TPSA) is 70.2 Å². The molecule has 1 aliphatic heterocycles. The Morgan fingerprint density at radius 3 is 2.53 bits per heavy atom. The van der Waals surface area contributed by atoms with Gasteiger partial charge in [-0.15, -0.1) is 0 Å². The molecule has 1 aliphatic carbocycles. The summed E-state index contributed by atoms with van der Waals surface area (Å²) in [6.07, 6.45) is 8.96. The first-order valence-electron chi connectivity index (χ1n) is 12.5. The molecule has 1 fully saturated rings. The molecule has 2 heterocycles. The Morgan fingerprint density at radius 2 is 1.78 bits per heavy atom. The molecule has 6 nitrogen and oxygen atoms in total. The molecule has 5 rings (SSSR count). The summed E-state index contributed by atoms with van der Waals surface area (Å²) in [4.78, 5) is 11.7. The summed E-state index contributed by atoms with van der Waals surface area (Å²) >= 11 is 9.91. The van der Waals surface area contributed by atoms with Gasteiger partial charge in [0.25, 0.3) is 0 Å². The molecule has 2 aromatic carbocycles. The van der Waals surface area contributed by atoms with Gasteiger partial charge in [0, 0.05) is 21.5 Å². The lowest BCUT2D eigenvalue weighted by Gasteiger charge is -2.25. The van der Waals surface area contributed by atoms with E-state index in [2.05, 4.69) is 59.6 Å². The van der Waals surface area contributed by atoms with Gasteiger partial charge in [0.2, 0.25) is 5.95 Å². The van der Waals surface area contributed by atoms with Crippen molar-refractivity contribution >= 4 is 63.1 Å². The van der Waals surface area contributed by atoms with E-state index in [-0.39, 0.29) is 0 Å². The van der Waals surface area contributed by atoms with Crippen molar-refractivity contribution in [3.05, 3.63) is 63.2 Å². The summed E-state index contributed by atoms with van der Waals surface area (Å²) in [5, 5.41) is 7.75. The number of likely N-dealkylation sites (tertiary alicyclic amines) is 1.